The van der Waals surface area contributed by atoms with Crippen LogP contribution < -0.4 is 0 Å². The maximum Gasteiger partial charge on any atom is 0.119 e. The molecule has 0 atom stereocenters. The predicted octanol–water partition coefficient (Wildman–Crippen LogP) is 5.58. The second kappa shape index (κ2) is 5.79. The van der Waals surface area contributed by atoms with Crippen LogP contribution in [0, 0.1) is 0 Å². The van der Waals surface area contributed by atoms with E-state index in [2.05, 4.69) is 71.9 Å². The molecule has 0 heterocycles. The van der Waals surface area contributed by atoms with Crippen molar-refractivity contribution in [1.82, 2.24) is 0 Å². The number of phenols is 1. The monoisotopic (exact) mass is 296 g/mol. The minimum atomic E-state index is -0.0455. The second-order valence-electron chi connectivity index (χ2n) is 8.23. The molecule has 0 radical (unpaired) electrons. The highest BCUT2D eigenvalue weighted by Crippen LogP contribution is 2.32. The third-order valence-corrected chi connectivity index (χ3v) is 4.10. The Morgan fingerprint density at radius 2 is 1.27 bits per heavy atom. The van der Waals surface area contributed by atoms with Gasteiger partial charge in [-0.15, -0.1) is 0 Å². The summed E-state index contributed by atoms with van der Waals surface area (Å²) in [6.07, 6.45) is 0.897. The Labute approximate surface area is 135 Å². The summed E-state index contributed by atoms with van der Waals surface area (Å²) in [5.41, 5.74) is 5.06. The molecule has 0 aliphatic heterocycles. The van der Waals surface area contributed by atoms with Crippen LogP contribution in [-0.2, 0) is 17.3 Å². The van der Waals surface area contributed by atoms with Gasteiger partial charge in [-0.25, -0.2) is 0 Å². The molecule has 0 bridgehead atoms. The number of hydrogen-bond donors (Lipinski definition) is 1. The third-order valence-electron chi connectivity index (χ3n) is 4.10. The Kier molecular flexibility index (Phi) is 4.37. The fourth-order valence-electron chi connectivity index (χ4n) is 2.65. The molecule has 2 aromatic carbocycles. The maximum absolute atomic E-state index is 10.1. The van der Waals surface area contributed by atoms with Gasteiger partial charge in [-0.05, 0) is 45.6 Å². The van der Waals surface area contributed by atoms with E-state index in [0.717, 1.165) is 12.0 Å². The van der Waals surface area contributed by atoms with Gasteiger partial charge >= 0.3 is 0 Å². The first-order chi connectivity index (χ1) is 10.1. The molecule has 118 valence electrons. The molecule has 0 fully saturated rings. The highest BCUT2D eigenvalue weighted by molar-refractivity contribution is 5.42. The molecule has 0 spiro atoms. The van der Waals surface area contributed by atoms with Crippen LogP contribution in [0.2, 0.25) is 0 Å². The summed E-state index contributed by atoms with van der Waals surface area (Å²) < 4.78 is 0. The van der Waals surface area contributed by atoms with Crippen LogP contribution in [0.1, 0.15) is 63.8 Å². The lowest BCUT2D eigenvalue weighted by Crippen LogP contribution is -2.12. The van der Waals surface area contributed by atoms with E-state index in [1.807, 2.05) is 12.1 Å². The SMILES string of the molecule is CC(C)(C)c1ccc(Cc2ccc(O)c(C(C)(C)C)c2)cc1. The van der Waals surface area contributed by atoms with Crippen LogP contribution >= 0.6 is 0 Å². The van der Waals surface area contributed by atoms with E-state index in [1.54, 1.807) is 0 Å². The van der Waals surface area contributed by atoms with E-state index in [-0.39, 0.29) is 10.8 Å². The molecule has 0 saturated heterocycles. The first kappa shape index (κ1) is 16.6. The Hall–Kier alpha value is -1.76. The van der Waals surface area contributed by atoms with Crippen molar-refractivity contribution in [3.8, 4) is 5.75 Å². The summed E-state index contributed by atoms with van der Waals surface area (Å²) in [6, 6.07) is 14.8. The molecule has 0 aliphatic rings. The van der Waals surface area contributed by atoms with Crippen molar-refractivity contribution < 1.29 is 5.11 Å². The van der Waals surface area contributed by atoms with Gasteiger partial charge in [0.2, 0.25) is 0 Å². The molecular weight excluding hydrogens is 268 g/mol. The van der Waals surface area contributed by atoms with E-state index in [9.17, 15) is 5.11 Å². The van der Waals surface area contributed by atoms with Gasteiger partial charge in [-0.3, -0.25) is 0 Å². The van der Waals surface area contributed by atoms with Gasteiger partial charge in [0.05, 0.1) is 0 Å². The second-order valence-corrected chi connectivity index (χ2v) is 8.23. The van der Waals surface area contributed by atoms with Crippen LogP contribution in [0.15, 0.2) is 42.5 Å². The lowest BCUT2D eigenvalue weighted by Gasteiger charge is -2.21. The van der Waals surface area contributed by atoms with Crippen molar-refractivity contribution in [3.63, 3.8) is 0 Å². The van der Waals surface area contributed by atoms with Gasteiger partial charge in [-0.1, -0.05) is 77.9 Å². The zero-order valence-electron chi connectivity index (χ0n) is 14.7. The number of aromatic hydroxyl groups is 1. The zero-order valence-corrected chi connectivity index (χ0v) is 14.7. The fourth-order valence-corrected chi connectivity index (χ4v) is 2.65. The summed E-state index contributed by atoms with van der Waals surface area (Å²) in [5, 5.41) is 10.1. The average molecular weight is 296 g/mol. The number of benzene rings is 2. The summed E-state index contributed by atoms with van der Waals surface area (Å²) in [7, 11) is 0. The smallest absolute Gasteiger partial charge is 0.119 e. The third kappa shape index (κ3) is 3.91. The minimum Gasteiger partial charge on any atom is -0.508 e. The molecule has 1 nitrogen and oxygen atoms in total. The van der Waals surface area contributed by atoms with Crippen LogP contribution in [0.5, 0.6) is 5.75 Å². The molecular formula is C21H28O. The molecule has 2 aromatic rings. The van der Waals surface area contributed by atoms with Gasteiger partial charge in [0.25, 0.3) is 0 Å². The minimum absolute atomic E-state index is 0.0455. The first-order valence-corrected chi connectivity index (χ1v) is 7.99. The van der Waals surface area contributed by atoms with Crippen molar-refractivity contribution in [2.75, 3.05) is 0 Å². The highest BCUT2D eigenvalue weighted by atomic mass is 16.3. The molecule has 22 heavy (non-hydrogen) atoms. The Morgan fingerprint density at radius 3 is 1.77 bits per heavy atom. The summed E-state index contributed by atoms with van der Waals surface area (Å²) in [6.45, 7) is 13.1. The molecule has 2 rings (SSSR count). The Morgan fingerprint density at radius 1 is 0.727 bits per heavy atom. The summed E-state index contributed by atoms with van der Waals surface area (Å²) >= 11 is 0. The highest BCUT2D eigenvalue weighted by Gasteiger charge is 2.18. The van der Waals surface area contributed by atoms with Crippen molar-refractivity contribution in [2.24, 2.45) is 0 Å². The maximum atomic E-state index is 10.1. The van der Waals surface area contributed by atoms with Crippen molar-refractivity contribution >= 4 is 0 Å². The predicted molar refractivity (Wildman–Crippen MR) is 94.8 cm³/mol. The zero-order chi connectivity index (χ0) is 16.5. The lowest BCUT2D eigenvalue weighted by molar-refractivity contribution is 0.446. The van der Waals surface area contributed by atoms with E-state index in [4.69, 9.17) is 0 Å². The Balaban J connectivity index is 2.24. The van der Waals surface area contributed by atoms with Crippen LogP contribution in [0.3, 0.4) is 0 Å². The lowest BCUT2D eigenvalue weighted by atomic mass is 9.84. The standard InChI is InChI=1S/C21H28O/c1-20(2,3)17-10-7-15(8-11-17)13-16-9-12-19(22)18(14-16)21(4,5)6/h7-12,14,22H,13H2,1-6H3. The van der Waals surface area contributed by atoms with E-state index in [1.165, 1.54) is 16.7 Å². The topological polar surface area (TPSA) is 20.2 Å². The van der Waals surface area contributed by atoms with Crippen molar-refractivity contribution in [3.05, 3.63) is 64.7 Å². The quantitative estimate of drug-likeness (QED) is 0.767. The number of rotatable bonds is 2. The van der Waals surface area contributed by atoms with Gasteiger partial charge < -0.3 is 5.11 Å². The first-order valence-electron chi connectivity index (χ1n) is 7.99. The number of hydrogen-bond acceptors (Lipinski definition) is 1. The van der Waals surface area contributed by atoms with Gasteiger partial charge in [0.1, 0.15) is 5.75 Å². The van der Waals surface area contributed by atoms with Crippen LogP contribution in [0.4, 0.5) is 0 Å². The Bertz CT molecular complexity index is 637. The largest absolute Gasteiger partial charge is 0.508 e. The van der Waals surface area contributed by atoms with Gasteiger partial charge in [-0.2, -0.15) is 0 Å². The molecule has 0 aromatic heterocycles. The van der Waals surface area contributed by atoms with Crippen LogP contribution in [0.25, 0.3) is 0 Å². The van der Waals surface area contributed by atoms with Crippen molar-refractivity contribution in [2.45, 2.75) is 58.8 Å². The fraction of sp³-hybridized carbons (Fsp3) is 0.429. The molecule has 1 heteroatoms. The number of phenolic OH excluding ortho intramolecular Hbond substituents is 1. The molecule has 0 saturated carbocycles. The molecule has 0 amide bonds. The molecule has 1 N–H and O–H groups in total. The van der Waals surface area contributed by atoms with Crippen LogP contribution in [-0.4, -0.2) is 5.11 Å². The summed E-state index contributed by atoms with van der Waals surface area (Å²) in [5.74, 6) is 0.388. The molecule has 0 unspecified atom stereocenters. The van der Waals surface area contributed by atoms with Gasteiger partial charge in [0.15, 0.2) is 0 Å². The molecule has 0 aliphatic carbocycles. The van der Waals surface area contributed by atoms with Crippen molar-refractivity contribution in [1.29, 1.82) is 0 Å². The van der Waals surface area contributed by atoms with E-state index in [0.29, 0.717) is 5.75 Å². The van der Waals surface area contributed by atoms with Gasteiger partial charge in [0, 0.05) is 0 Å². The van der Waals surface area contributed by atoms with E-state index >= 15 is 0 Å². The normalized spacial score (nSPS) is 12.5. The summed E-state index contributed by atoms with van der Waals surface area (Å²) in [4.78, 5) is 0. The van der Waals surface area contributed by atoms with E-state index < -0.39 is 0 Å². The average Bonchev–Trinajstić information content (AvgIpc) is 2.39.